The number of pyridine rings is 3. The number of aromatic nitrogens is 4. The molecule has 0 aliphatic carbocycles. The van der Waals surface area contributed by atoms with Crippen molar-refractivity contribution in [3.05, 3.63) is 76.8 Å². The highest BCUT2D eigenvalue weighted by Crippen LogP contribution is 2.23. The minimum Gasteiger partial charge on any atom is -0.481 e. The van der Waals surface area contributed by atoms with Gasteiger partial charge in [0.25, 0.3) is 0 Å². The standard InChI is InChI=1S/C20H18ClN5O/c1-27-20-14(3-2-6-22-20)10-24-18-5-4-13(9-23-18)7-15-11-25-19-17(15)8-16(21)12-26-19/h2-6,8-9,11-12H,7,10H2,1H3,(H,23,24)(H,25,26). The zero-order chi connectivity index (χ0) is 18.6. The van der Waals surface area contributed by atoms with Crippen LogP contribution in [0.2, 0.25) is 5.02 Å². The van der Waals surface area contributed by atoms with Crippen LogP contribution in [0.1, 0.15) is 16.7 Å². The van der Waals surface area contributed by atoms with Crippen molar-refractivity contribution in [1.82, 2.24) is 19.9 Å². The van der Waals surface area contributed by atoms with Crippen molar-refractivity contribution >= 4 is 28.5 Å². The zero-order valence-electron chi connectivity index (χ0n) is 14.7. The fourth-order valence-electron chi connectivity index (χ4n) is 2.96. The van der Waals surface area contributed by atoms with Crippen LogP contribution in [0.3, 0.4) is 0 Å². The topological polar surface area (TPSA) is 75.7 Å². The van der Waals surface area contributed by atoms with Gasteiger partial charge in [-0.25, -0.2) is 15.0 Å². The molecule has 0 spiro atoms. The van der Waals surface area contributed by atoms with Crippen LogP contribution in [0.25, 0.3) is 11.0 Å². The van der Waals surface area contributed by atoms with Gasteiger partial charge in [0, 0.05) is 48.7 Å². The molecule has 0 saturated heterocycles. The van der Waals surface area contributed by atoms with E-state index >= 15 is 0 Å². The van der Waals surface area contributed by atoms with Gasteiger partial charge in [0.05, 0.1) is 12.1 Å². The molecule has 4 aromatic rings. The van der Waals surface area contributed by atoms with E-state index in [1.807, 2.05) is 36.7 Å². The first-order chi connectivity index (χ1) is 13.2. The highest BCUT2D eigenvalue weighted by atomic mass is 35.5. The Kier molecular flexibility index (Phi) is 4.89. The van der Waals surface area contributed by atoms with Crippen LogP contribution in [0.5, 0.6) is 5.88 Å². The van der Waals surface area contributed by atoms with Crippen molar-refractivity contribution in [2.75, 3.05) is 12.4 Å². The van der Waals surface area contributed by atoms with Crippen LogP contribution < -0.4 is 10.1 Å². The van der Waals surface area contributed by atoms with Crippen molar-refractivity contribution in [3.63, 3.8) is 0 Å². The van der Waals surface area contributed by atoms with E-state index in [1.54, 1.807) is 19.5 Å². The van der Waals surface area contributed by atoms with Crippen molar-refractivity contribution < 1.29 is 4.74 Å². The summed E-state index contributed by atoms with van der Waals surface area (Å²) >= 11 is 6.07. The largest absolute Gasteiger partial charge is 0.481 e. The molecular weight excluding hydrogens is 362 g/mol. The van der Waals surface area contributed by atoms with Crippen LogP contribution in [-0.2, 0) is 13.0 Å². The maximum Gasteiger partial charge on any atom is 0.218 e. The van der Waals surface area contributed by atoms with E-state index in [4.69, 9.17) is 16.3 Å². The van der Waals surface area contributed by atoms with Crippen molar-refractivity contribution in [2.45, 2.75) is 13.0 Å². The molecule has 4 heterocycles. The van der Waals surface area contributed by atoms with Gasteiger partial charge in [-0.3, -0.25) is 0 Å². The number of hydrogen-bond acceptors (Lipinski definition) is 5. The lowest BCUT2D eigenvalue weighted by Gasteiger charge is -2.09. The summed E-state index contributed by atoms with van der Waals surface area (Å²) in [5.41, 5.74) is 4.07. The number of halogens is 1. The Morgan fingerprint density at radius 2 is 2.04 bits per heavy atom. The summed E-state index contributed by atoms with van der Waals surface area (Å²) < 4.78 is 5.27. The molecule has 0 aromatic carbocycles. The second-order valence-electron chi connectivity index (χ2n) is 6.12. The summed E-state index contributed by atoms with van der Waals surface area (Å²) in [5, 5.41) is 4.96. The first-order valence-electron chi connectivity index (χ1n) is 8.51. The number of hydrogen-bond donors (Lipinski definition) is 2. The SMILES string of the molecule is COc1ncccc1CNc1ccc(Cc2c[nH]c3ncc(Cl)cc23)cn1. The molecule has 0 atom stereocenters. The summed E-state index contributed by atoms with van der Waals surface area (Å²) in [4.78, 5) is 16.2. The Balaban J connectivity index is 1.45. The van der Waals surface area contributed by atoms with Crippen molar-refractivity contribution in [2.24, 2.45) is 0 Å². The number of methoxy groups -OCH3 is 1. The smallest absolute Gasteiger partial charge is 0.218 e. The Bertz CT molecular complexity index is 1060. The molecule has 0 saturated carbocycles. The Labute approximate surface area is 161 Å². The third-order valence-electron chi connectivity index (χ3n) is 4.31. The van der Waals surface area contributed by atoms with E-state index in [-0.39, 0.29) is 0 Å². The minimum absolute atomic E-state index is 0.593. The Morgan fingerprint density at radius 3 is 2.85 bits per heavy atom. The van der Waals surface area contributed by atoms with Crippen molar-refractivity contribution in [1.29, 1.82) is 0 Å². The van der Waals surface area contributed by atoms with E-state index in [1.165, 1.54) is 0 Å². The average Bonchev–Trinajstić information content (AvgIpc) is 3.09. The van der Waals surface area contributed by atoms with Crippen molar-refractivity contribution in [3.8, 4) is 5.88 Å². The van der Waals surface area contributed by atoms with Gasteiger partial charge in [0.2, 0.25) is 5.88 Å². The molecule has 0 unspecified atom stereocenters. The molecular formula is C20H18ClN5O. The fraction of sp³-hybridized carbons (Fsp3) is 0.150. The number of rotatable bonds is 6. The predicted octanol–water partition coefficient (Wildman–Crippen LogP) is 4.22. The van der Waals surface area contributed by atoms with Gasteiger partial charge in [0.15, 0.2) is 0 Å². The molecule has 136 valence electrons. The number of H-pyrrole nitrogens is 1. The maximum absolute atomic E-state index is 6.07. The van der Waals surface area contributed by atoms with E-state index < -0.39 is 0 Å². The average molecular weight is 380 g/mol. The highest BCUT2D eigenvalue weighted by Gasteiger charge is 2.07. The zero-order valence-corrected chi connectivity index (χ0v) is 15.5. The Morgan fingerprint density at radius 1 is 1.11 bits per heavy atom. The first-order valence-corrected chi connectivity index (χ1v) is 8.89. The van der Waals surface area contributed by atoms with E-state index in [0.717, 1.165) is 40.0 Å². The molecule has 27 heavy (non-hydrogen) atoms. The van der Waals surface area contributed by atoms with Gasteiger partial charge >= 0.3 is 0 Å². The number of aromatic amines is 1. The quantitative estimate of drug-likeness (QED) is 0.524. The summed E-state index contributed by atoms with van der Waals surface area (Å²) in [5.74, 6) is 1.42. The predicted molar refractivity (Wildman–Crippen MR) is 106 cm³/mol. The molecule has 4 rings (SSSR count). The molecule has 2 N–H and O–H groups in total. The maximum atomic E-state index is 6.07. The molecule has 0 radical (unpaired) electrons. The van der Waals surface area contributed by atoms with Gasteiger partial charge < -0.3 is 15.0 Å². The number of ether oxygens (including phenoxy) is 1. The number of nitrogens with zero attached hydrogens (tertiary/aromatic N) is 3. The van der Waals surface area contributed by atoms with Gasteiger partial charge in [-0.2, -0.15) is 0 Å². The summed E-state index contributed by atoms with van der Waals surface area (Å²) in [6.07, 6.45) is 7.95. The number of nitrogens with one attached hydrogen (secondary N) is 2. The number of anilines is 1. The van der Waals surface area contributed by atoms with Crippen LogP contribution in [0, 0.1) is 0 Å². The number of fused-ring (bicyclic) bond motifs is 1. The molecule has 0 bridgehead atoms. The fourth-order valence-corrected chi connectivity index (χ4v) is 3.12. The Hall–Kier alpha value is -3.12. The lowest BCUT2D eigenvalue weighted by Crippen LogP contribution is -2.04. The summed E-state index contributed by atoms with van der Waals surface area (Å²) in [6.45, 7) is 0.593. The van der Waals surface area contributed by atoms with Gasteiger partial charge in [-0.15, -0.1) is 0 Å². The second-order valence-corrected chi connectivity index (χ2v) is 6.55. The third-order valence-corrected chi connectivity index (χ3v) is 4.51. The molecule has 0 aliphatic heterocycles. The molecule has 0 amide bonds. The molecule has 7 heteroatoms. The van der Waals surface area contributed by atoms with Gasteiger partial charge in [0.1, 0.15) is 11.5 Å². The molecule has 0 aliphatic rings. The second kappa shape index (κ2) is 7.63. The van der Waals surface area contributed by atoms with Crippen LogP contribution in [0.4, 0.5) is 5.82 Å². The minimum atomic E-state index is 0.593. The molecule has 6 nitrogen and oxygen atoms in total. The van der Waals surface area contributed by atoms with E-state index in [0.29, 0.717) is 17.4 Å². The summed E-state index contributed by atoms with van der Waals surface area (Å²) in [7, 11) is 1.62. The van der Waals surface area contributed by atoms with Gasteiger partial charge in [-0.1, -0.05) is 23.7 Å². The van der Waals surface area contributed by atoms with E-state index in [9.17, 15) is 0 Å². The molecule has 4 aromatic heterocycles. The van der Waals surface area contributed by atoms with Gasteiger partial charge in [-0.05, 0) is 29.3 Å². The third kappa shape index (κ3) is 3.85. The van der Waals surface area contributed by atoms with Crippen LogP contribution >= 0.6 is 11.6 Å². The van der Waals surface area contributed by atoms with Crippen LogP contribution in [-0.4, -0.2) is 27.0 Å². The van der Waals surface area contributed by atoms with Crippen LogP contribution in [0.15, 0.2) is 55.1 Å². The van der Waals surface area contributed by atoms with E-state index in [2.05, 4.69) is 31.3 Å². The monoisotopic (exact) mass is 379 g/mol. The normalized spacial score (nSPS) is 10.9. The highest BCUT2D eigenvalue weighted by molar-refractivity contribution is 6.31. The molecule has 0 fully saturated rings. The summed E-state index contributed by atoms with van der Waals surface area (Å²) in [6, 6.07) is 9.83. The lowest BCUT2D eigenvalue weighted by atomic mass is 10.1. The lowest BCUT2D eigenvalue weighted by molar-refractivity contribution is 0.393. The first kappa shape index (κ1) is 17.3.